The number of ether oxygens (including phenoxy) is 3. The predicted octanol–water partition coefficient (Wildman–Crippen LogP) is 3.72. The van der Waals surface area contributed by atoms with Crippen molar-refractivity contribution in [1.29, 1.82) is 0 Å². The number of aryl methyl sites for hydroxylation is 1. The average molecular weight is 537 g/mol. The lowest BCUT2D eigenvalue weighted by Gasteiger charge is -2.18. The maximum Gasteiger partial charge on any atom is 0.267 e. The quantitative estimate of drug-likeness (QED) is 0.374. The molecule has 0 radical (unpaired) electrons. The van der Waals surface area contributed by atoms with Crippen LogP contribution in [-0.4, -0.2) is 50.6 Å². The molecule has 1 atom stereocenters. The predicted molar refractivity (Wildman–Crippen MR) is 145 cm³/mol. The van der Waals surface area contributed by atoms with Crippen molar-refractivity contribution in [3.8, 4) is 11.5 Å². The number of rotatable bonds is 6. The van der Waals surface area contributed by atoms with Gasteiger partial charge in [0, 0.05) is 19.3 Å². The van der Waals surface area contributed by atoms with E-state index in [1.54, 1.807) is 23.2 Å². The van der Waals surface area contributed by atoms with Gasteiger partial charge in [-0.3, -0.25) is 18.9 Å². The molecule has 9 nitrogen and oxygen atoms in total. The number of benzene rings is 1. The molecular weight excluding hydrogens is 512 g/mol. The molecule has 6 rings (SSSR count). The normalized spacial score (nSPS) is 20.0. The van der Waals surface area contributed by atoms with Crippen LogP contribution in [0.3, 0.4) is 0 Å². The van der Waals surface area contributed by atoms with Crippen LogP contribution in [0.15, 0.2) is 46.2 Å². The first-order valence-corrected chi connectivity index (χ1v) is 13.2. The molecule has 1 unspecified atom stereocenters. The zero-order valence-electron chi connectivity index (χ0n) is 20.1. The van der Waals surface area contributed by atoms with Crippen LogP contribution in [0.1, 0.15) is 29.5 Å². The number of anilines is 1. The highest BCUT2D eigenvalue weighted by atomic mass is 32.2. The zero-order valence-corrected chi connectivity index (χ0v) is 21.7. The Hall–Kier alpha value is -3.41. The Morgan fingerprint density at radius 3 is 2.92 bits per heavy atom. The molecule has 2 aromatic heterocycles. The molecule has 2 saturated heterocycles. The summed E-state index contributed by atoms with van der Waals surface area (Å²) in [7, 11) is 0. The highest BCUT2D eigenvalue weighted by molar-refractivity contribution is 8.26. The minimum Gasteiger partial charge on any atom is -0.454 e. The van der Waals surface area contributed by atoms with Gasteiger partial charge < -0.3 is 19.5 Å². The number of nitrogens with zero attached hydrogens (tertiary/aromatic N) is 3. The van der Waals surface area contributed by atoms with Crippen molar-refractivity contribution < 1.29 is 19.0 Å². The Labute approximate surface area is 222 Å². The largest absolute Gasteiger partial charge is 0.454 e. The van der Waals surface area contributed by atoms with Gasteiger partial charge in [-0.1, -0.05) is 36.1 Å². The Morgan fingerprint density at radius 2 is 2.08 bits per heavy atom. The van der Waals surface area contributed by atoms with Crippen LogP contribution in [0.2, 0.25) is 0 Å². The highest BCUT2D eigenvalue weighted by Crippen LogP contribution is 2.35. The zero-order chi connectivity index (χ0) is 25.5. The van der Waals surface area contributed by atoms with Crippen molar-refractivity contribution in [2.24, 2.45) is 0 Å². The number of nitrogens with one attached hydrogen (secondary N) is 1. The third kappa shape index (κ3) is 4.70. The SMILES string of the molecule is Cc1ccc2nc(NCc3ccc4c(c3)OCO4)c(/C=C3\SC(=S)N(CC4CCCO4)C3=O)c(=O)n2c1. The fourth-order valence-electron chi connectivity index (χ4n) is 4.54. The average Bonchev–Trinajstić information content (AvgIpc) is 3.63. The number of thiocarbonyl (C=S) groups is 1. The van der Waals surface area contributed by atoms with E-state index in [9.17, 15) is 9.59 Å². The second-order valence-corrected chi connectivity index (χ2v) is 10.8. The summed E-state index contributed by atoms with van der Waals surface area (Å²) in [5.41, 5.74) is 2.38. The fraction of sp³-hybridized carbons (Fsp3) is 0.308. The first kappa shape index (κ1) is 24.0. The number of fused-ring (bicyclic) bond motifs is 2. The highest BCUT2D eigenvalue weighted by Gasteiger charge is 2.35. The van der Waals surface area contributed by atoms with Crippen LogP contribution in [0.5, 0.6) is 11.5 Å². The Kier molecular flexibility index (Phi) is 6.35. The summed E-state index contributed by atoms with van der Waals surface area (Å²) in [6.07, 6.45) is 5.20. The number of aromatic nitrogens is 2. The monoisotopic (exact) mass is 536 g/mol. The molecular formula is C26H24N4O5S2. The minimum absolute atomic E-state index is 0.0169. The van der Waals surface area contributed by atoms with Crippen LogP contribution < -0.4 is 20.3 Å². The van der Waals surface area contributed by atoms with E-state index >= 15 is 0 Å². The molecule has 37 heavy (non-hydrogen) atoms. The fourth-order valence-corrected chi connectivity index (χ4v) is 5.80. The Balaban J connectivity index is 1.35. The summed E-state index contributed by atoms with van der Waals surface area (Å²) in [4.78, 5) is 33.5. The van der Waals surface area contributed by atoms with Gasteiger partial charge in [-0.25, -0.2) is 4.98 Å². The van der Waals surface area contributed by atoms with Crippen molar-refractivity contribution in [2.45, 2.75) is 32.4 Å². The van der Waals surface area contributed by atoms with Crippen LogP contribution in [0.25, 0.3) is 11.7 Å². The van der Waals surface area contributed by atoms with E-state index in [-0.39, 0.29) is 24.4 Å². The van der Waals surface area contributed by atoms with Gasteiger partial charge in [0.25, 0.3) is 11.5 Å². The topological polar surface area (TPSA) is 94.4 Å². The minimum atomic E-state index is -0.272. The van der Waals surface area contributed by atoms with E-state index in [1.807, 2.05) is 31.2 Å². The number of amides is 1. The smallest absolute Gasteiger partial charge is 0.267 e. The van der Waals surface area contributed by atoms with E-state index in [2.05, 4.69) is 5.32 Å². The van der Waals surface area contributed by atoms with Crippen molar-refractivity contribution in [3.05, 3.63) is 68.5 Å². The van der Waals surface area contributed by atoms with E-state index in [1.165, 1.54) is 16.2 Å². The lowest BCUT2D eigenvalue weighted by atomic mass is 10.2. The van der Waals surface area contributed by atoms with Gasteiger partial charge in [-0.15, -0.1) is 0 Å². The molecule has 3 aliphatic heterocycles. The van der Waals surface area contributed by atoms with E-state index in [0.29, 0.717) is 57.4 Å². The van der Waals surface area contributed by atoms with Crippen molar-refractivity contribution in [1.82, 2.24) is 14.3 Å². The number of carbonyl (C=O) groups is 1. The first-order valence-electron chi connectivity index (χ1n) is 12.0. The van der Waals surface area contributed by atoms with Gasteiger partial charge in [0.05, 0.1) is 23.1 Å². The van der Waals surface area contributed by atoms with E-state index in [4.69, 9.17) is 31.4 Å². The van der Waals surface area contributed by atoms with Crippen LogP contribution in [-0.2, 0) is 16.1 Å². The lowest BCUT2D eigenvalue weighted by molar-refractivity contribution is -0.123. The van der Waals surface area contributed by atoms with Crippen molar-refractivity contribution >= 4 is 51.7 Å². The van der Waals surface area contributed by atoms with Gasteiger partial charge >= 0.3 is 0 Å². The van der Waals surface area contributed by atoms with E-state index < -0.39 is 0 Å². The molecule has 1 aromatic carbocycles. The summed E-state index contributed by atoms with van der Waals surface area (Å²) >= 11 is 6.69. The third-order valence-corrected chi connectivity index (χ3v) is 7.84. The first-order chi connectivity index (χ1) is 18.0. The van der Waals surface area contributed by atoms with Crippen LogP contribution in [0, 0.1) is 6.92 Å². The van der Waals surface area contributed by atoms with E-state index in [0.717, 1.165) is 24.0 Å². The molecule has 3 aliphatic rings. The number of pyridine rings is 1. The van der Waals surface area contributed by atoms with Crippen molar-refractivity contribution in [3.63, 3.8) is 0 Å². The number of hydrogen-bond acceptors (Lipinski definition) is 9. The summed E-state index contributed by atoms with van der Waals surface area (Å²) in [6.45, 7) is 3.63. The van der Waals surface area contributed by atoms with Gasteiger partial charge in [-0.05, 0) is 55.2 Å². The molecule has 2 fully saturated rings. The molecule has 0 spiro atoms. The standard InChI is InChI=1S/C26H24N4O5S2/c1-15-4-7-22-28-23(27-11-16-5-6-19-20(9-16)35-14-34-19)18(24(31)29(22)12-15)10-21-25(32)30(26(36)37-21)13-17-3-2-8-33-17/h4-7,9-10,12,17,27H,2-3,8,11,13-14H2,1H3/b21-10-. The second kappa shape index (κ2) is 9.81. The Morgan fingerprint density at radius 1 is 1.22 bits per heavy atom. The molecule has 0 saturated carbocycles. The van der Waals surface area contributed by atoms with Crippen LogP contribution in [0.4, 0.5) is 5.82 Å². The number of thioether (sulfide) groups is 1. The summed E-state index contributed by atoms with van der Waals surface area (Å²) in [6, 6.07) is 9.37. The molecule has 1 amide bonds. The van der Waals surface area contributed by atoms with Gasteiger partial charge in [0.1, 0.15) is 15.8 Å². The maximum absolute atomic E-state index is 13.6. The summed E-state index contributed by atoms with van der Waals surface area (Å²) in [5, 5.41) is 3.29. The number of carbonyl (C=O) groups excluding carboxylic acids is 1. The molecule has 190 valence electrons. The molecule has 11 heteroatoms. The van der Waals surface area contributed by atoms with Gasteiger partial charge in [0.2, 0.25) is 6.79 Å². The molecule has 0 aliphatic carbocycles. The van der Waals surface area contributed by atoms with Crippen molar-refractivity contribution in [2.75, 3.05) is 25.3 Å². The molecule has 1 N–H and O–H groups in total. The lowest BCUT2D eigenvalue weighted by Crippen LogP contribution is -2.35. The van der Waals surface area contributed by atoms with Gasteiger partial charge in [-0.2, -0.15) is 0 Å². The summed E-state index contributed by atoms with van der Waals surface area (Å²) < 4.78 is 18.5. The molecule has 0 bridgehead atoms. The maximum atomic E-state index is 13.6. The second-order valence-electron chi connectivity index (χ2n) is 9.08. The van der Waals surface area contributed by atoms with Crippen LogP contribution >= 0.6 is 24.0 Å². The molecule has 5 heterocycles. The molecule has 3 aromatic rings. The van der Waals surface area contributed by atoms with Gasteiger partial charge in [0.15, 0.2) is 11.5 Å². The summed E-state index contributed by atoms with van der Waals surface area (Å²) in [5.74, 6) is 1.54. The third-order valence-electron chi connectivity index (χ3n) is 6.46. The number of hydrogen-bond donors (Lipinski definition) is 1. The Bertz CT molecular complexity index is 1510.